The average Bonchev–Trinajstić information content (AvgIpc) is 2.64. The molecule has 0 spiro atoms. The van der Waals surface area contributed by atoms with Gasteiger partial charge in [0.05, 0.1) is 24.4 Å². The largest absolute Gasteiger partial charge is 0.380 e. The van der Waals surface area contributed by atoms with Crippen molar-refractivity contribution >= 4 is 16.8 Å². The third kappa shape index (κ3) is 3.18. The Kier molecular flexibility index (Phi) is 4.17. The zero-order valence-corrected chi connectivity index (χ0v) is 15.0. The fourth-order valence-corrected chi connectivity index (χ4v) is 3.14. The van der Waals surface area contributed by atoms with Crippen LogP contribution in [0.4, 0.5) is 0 Å². The third-order valence-electron chi connectivity index (χ3n) is 4.71. The van der Waals surface area contributed by atoms with Crippen LogP contribution in [0.3, 0.4) is 0 Å². The summed E-state index contributed by atoms with van der Waals surface area (Å²) >= 11 is 0. The molecule has 1 N–H and O–H groups in total. The predicted octanol–water partition coefficient (Wildman–Crippen LogP) is 3.37. The van der Waals surface area contributed by atoms with E-state index >= 15 is 0 Å². The van der Waals surface area contributed by atoms with Gasteiger partial charge in [-0.25, -0.2) is 9.97 Å². The number of nitrogens with one attached hydrogen (secondary N) is 1. The second-order valence-electron chi connectivity index (χ2n) is 7.20. The Bertz CT molecular complexity index is 963. The second kappa shape index (κ2) is 6.50. The van der Waals surface area contributed by atoms with Crippen molar-refractivity contribution in [2.24, 2.45) is 5.41 Å². The van der Waals surface area contributed by atoms with Gasteiger partial charge >= 0.3 is 0 Å². The van der Waals surface area contributed by atoms with Crippen molar-refractivity contribution < 1.29 is 9.53 Å². The van der Waals surface area contributed by atoms with Crippen LogP contribution in [-0.4, -0.2) is 35.6 Å². The molecule has 1 fully saturated rings. The normalized spacial score (nSPS) is 15.5. The quantitative estimate of drug-likeness (QED) is 0.786. The number of rotatable bonds is 4. The van der Waals surface area contributed by atoms with Crippen molar-refractivity contribution in [1.29, 1.82) is 0 Å². The van der Waals surface area contributed by atoms with Gasteiger partial charge in [0, 0.05) is 28.5 Å². The van der Waals surface area contributed by atoms with E-state index in [0.717, 1.165) is 28.0 Å². The van der Waals surface area contributed by atoms with E-state index in [1.54, 1.807) is 0 Å². The Hall–Kier alpha value is -2.79. The van der Waals surface area contributed by atoms with E-state index in [4.69, 9.17) is 4.74 Å². The minimum Gasteiger partial charge on any atom is -0.380 e. The molecule has 4 rings (SSSR count). The van der Waals surface area contributed by atoms with E-state index in [1.165, 1.54) is 0 Å². The molecule has 26 heavy (non-hydrogen) atoms. The van der Waals surface area contributed by atoms with Crippen LogP contribution in [0.15, 0.2) is 48.5 Å². The number of carbonyl (C=O) groups excluding carboxylic acids is 1. The first-order chi connectivity index (χ1) is 12.5. The summed E-state index contributed by atoms with van der Waals surface area (Å²) < 4.78 is 5.22. The Labute approximate surface area is 152 Å². The molecule has 3 aromatic rings. The molecule has 5 heteroatoms. The second-order valence-corrected chi connectivity index (χ2v) is 7.20. The highest BCUT2D eigenvalue weighted by molar-refractivity contribution is 5.96. The van der Waals surface area contributed by atoms with Crippen LogP contribution < -0.4 is 5.32 Å². The highest BCUT2D eigenvalue weighted by atomic mass is 16.5. The molecule has 132 valence electrons. The van der Waals surface area contributed by atoms with Gasteiger partial charge in [0.15, 0.2) is 0 Å². The number of benzene rings is 2. The third-order valence-corrected chi connectivity index (χ3v) is 4.71. The Balaban J connectivity index is 1.57. The molecular formula is C21H21N3O2. The van der Waals surface area contributed by atoms with E-state index < -0.39 is 0 Å². The van der Waals surface area contributed by atoms with Gasteiger partial charge in [0.25, 0.3) is 5.91 Å². The standard InChI is InChI=1S/C21H21N3O2/c1-14-23-18-6-4-3-5-17(18)19(24-14)15-7-9-16(10-8-15)20(25)22-11-21(2)12-26-13-21/h3-10H,11-13H2,1-2H3,(H,22,25). The summed E-state index contributed by atoms with van der Waals surface area (Å²) in [5.41, 5.74) is 3.50. The fourth-order valence-electron chi connectivity index (χ4n) is 3.14. The minimum absolute atomic E-state index is 0.0617. The van der Waals surface area contributed by atoms with Gasteiger partial charge in [-0.3, -0.25) is 4.79 Å². The number of aryl methyl sites for hydroxylation is 1. The summed E-state index contributed by atoms with van der Waals surface area (Å²) in [4.78, 5) is 21.5. The summed E-state index contributed by atoms with van der Waals surface area (Å²) in [6.45, 7) is 6.03. The van der Waals surface area contributed by atoms with Gasteiger partial charge in [-0.1, -0.05) is 37.3 Å². The molecule has 0 radical (unpaired) electrons. The summed E-state index contributed by atoms with van der Waals surface area (Å²) in [6, 6.07) is 15.5. The van der Waals surface area contributed by atoms with Gasteiger partial charge in [-0.05, 0) is 25.1 Å². The van der Waals surface area contributed by atoms with Gasteiger partial charge < -0.3 is 10.1 Å². The lowest BCUT2D eigenvalue weighted by Gasteiger charge is -2.38. The molecule has 0 unspecified atom stereocenters. The first-order valence-electron chi connectivity index (χ1n) is 8.74. The van der Waals surface area contributed by atoms with Crippen LogP contribution in [0.1, 0.15) is 23.1 Å². The smallest absolute Gasteiger partial charge is 0.251 e. The van der Waals surface area contributed by atoms with Gasteiger partial charge in [-0.2, -0.15) is 0 Å². The first kappa shape index (κ1) is 16.7. The number of carbonyl (C=O) groups is 1. The molecule has 1 aliphatic rings. The molecular weight excluding hydrogens is 326 g/mol. The lowest BCUT2D eigenvalue weighted by molar-refractivity contribution is -0.0978. The number of fused-ring (bicyclic) bond motifs is 1. The van der Waals surface area contributed by atoms with Crippen LogP contribution in [0, 0.1) is 12.3 Å². The predicted molar refractivity (Wildman–Crippen MR) is 101 cm³/mol. The van der Waals surface area contributed by atoms with Crippen molar-refractivity contribution in [3.8, 4) is 11.3 Å². The van der Waals surface area contributed by atoms with Crippen molar-refractivity contribution in [3.63, 3.8) is 0 Å². The van der Waals surface area contributed by atoms with Crippen LogP contribution in [0.2, 0.25) is 0 Å². The molecule has 0 atom stereocenters. The Morgan fingerprint density at radius 2 is 1.85 bits per heavy atom. The highest BCUT2D eigenvalue weighted by Gasteiger charge is 2.33. The number of aromatic nitrogens is 2. The number of amides is 1. The van der Waals surface area contributed by atoms with Crippen LogP contribution in [0.25, 0.3) is 22.2 Å². The van der Waals surface area contributed by atoms with Crippen LogP contribution >= 0.6 is 0 Å². The molecule has 1 saturated heterocycles. The average molecular weight is 347 g/mol. The van der Waals surface area contributed by atoms with E-state index in [2.05, 4.69) is 22.2 Å². The lowest BCUT2D eigenvalue weighted by Crippen LogP contribution is -2.48. The fraction of sp³-hybridized carbons (Fsp3) is 0.286. The SMILES string of the molecule is Cc1nc(-c2ccc(C(=O)NCC3(C)COC3)cc2)c2ccccc2n1. The number of ether oxygens (including phenoxy) is 1. The van der Waals surface area contributed by atoms with E-state index in [-0.39, 0.29) is 11.3 Å². The first-order valence-corrected chi connectivity index (χ1v) is 8.74. The maximum absolute atomic E-state index is 12.4. The van der Waals surface area contributed by atoms with Crippen molar-refractivity contribution in [2.45, 2.75) is 13.8 Å². The maximum Gasteiger partial charge on any atom is 0.251 e. The lowest BCUT2D eigenvalue weighted by atomic mass is 9.88. The zero-order valence-electron chi connectivity index (χ0n) is 15.0. The maximum atomic E-state index is 12.4. The molecule has 1 amide bonds. The number of nitrogens with zero attached hydrogens (tertiary/aromatic N) is 2. The van der Waals surface area contributed by atoms with Gasteiger partial charge in [0.1, 0.15) is 5.82 Å². The molecule has 2 aromatic carbocycles. The number of para-hydroxylation sites is 1. The number of hydrogen-bond donors (Lipinski definition) is 1. The van der Waals surface area contributed by atoms with Crippen LogP contribution in [-0.2, 0) is 4.74 Å². The molecule has 1 aromatic heterocycles. The van der Waals surface area contributed by atoms with Gasteiger partial charge in [0.2, 0.25) is 0 Å². The molecule has 1 aliphatic heterocycles. The Morgan fingerprint density at radius 1 is 1.12 bits per heavy atom. The molecule has 0 aliphatic carbocycles. The van der Waals surface area contributed by atoms with Crippen molar-refractivity contribution in [1.82, 2.24) is 15.3 Å². The minimum atomic E-state index is -0.0617. The Morgan fingerprint density at radius 3 is 2.54 bits per heavy atom. The topological polar surface area (TPSA) is 64.1 Å². The zero-order chi connectivity index (χ0) is 18.1. The highest BCUT2D eigenvalue weighted by Crippen LogP contribution is 2.27. The van der Waals surface area contributed by atoms with Crippen molar-refractivity contribution in [2.75, 3.05) is 19.8 Å². The summed E-state index contributed by atoms with van der Waals surface area (Å²) in [7, 11) is 0. The molecule has 0 bridgehead atoms. The summed E-state index contributed by atoms with van der Waals surface area (Å²) in [6.07, 6.45) is 0. The molecule has 5 nitrogen and oxygen atoms in total. The van der Waals surface area contributed by atoms with E-state index in [9.17, 15) is 4.79 Å². The molecule has 2 heterocycles. The van der Waals surface area contributed by atoms with Crippen molar-refractivity contribution in [3.05, 3.63) is 59.9 Å². The summed E-state index contributed by atoms with van der Waals surface area (Å²) in [5.74, 6) is 0.671. The van der Waals surface area contributed by atoms with Crippen LogP contribution in [0.5, 0.6) is 0 Å². The summed E-state index contributed by atoms with van der Waals surface area (Å²) in [5, 5.41) is 4.00. The van der Waals surface area contributed by atoms with Gasteiger partial charge in [-0.15, -0.1) is 0 Å². The number of hydrogen-bond acceptors (Lipinski definition) is 4. The van der Waals surface area contributed by atoms with E-state index in [0.29, 0.717) is 25.3 Å². The molecule has 0 saturated carbocycles. The monoisotopic (exact) mass is 347 g/mol. The van der Waals surface area contributed by atoms with E-state index in [1.807, 2.05) is 55.5 Å².